The van der Waals surface area contributed by atoms with E-state index < -0.39 is 12.2 Å². The highest BCUT2D eigenvalue weighted by atomic mass is 32.2. The average Bonchev–Trinajstić information content (AvgIpc) is 1.88. The van der Waals surface area contributed by atoms with E-state index in [1.165, 1.54) is 7.11 Å². The third kappa shape index (κ3) is 1.63. The summed E-state index contributed by atoms with van der Waals surface area (Å²) in [7, 11) is 1.51. The third-order valence-corrected chi connectivity index (χ3v) is 2.76. The van der Waals surface area contributed by atoms with Crippen molar-refractivity contribution in [3.8, 4) is 0 Å². The van der Waals surface area contributed by atoms with Gasteiger partial charge in [0.15, 0.2) is 0 Å². The summed E-state index contributed by atoms with van der Waals surface area (Å²) in [6, 6.07) is 0. The molecule has 2 atom stereocenters. The molecule has 0 radical (unpaired) electrons. The molecule has 3 nitrogen and oxygen atoms in total. The Bertz CT molecular complexity index is 99.2. The number of hydrogen-bond donors (Lipinski definition) is 2. The summed E-state index contributed by atoms with van der Waals surface area (Å²) in [6.45, 7) is 0. The summed E-state index contributed by atoms with van der Waals surface area (Å²) >= 11 is 1.55. The lowest BCUT2D eigenvalue weighted by atomic mass is 10.1. The molecule has 0 aliphatic carbocycles. The van der Waals surface area contributed by atoms with Gasteiger partial charge in [0.25, 0.3) is 0 Å². The van der Waals surface area contributed by atoms with Gasteiger partial charge in [-0.15, -0.1) is 0 Å². The first-order valence-electron chi connectivity index (χ1n) is 3.22. The standard InChI is InChI=1S/C6H12O3S/c1-9-6-4(7)2-10-3-5(6)8/h4-8H,2-3H2,1H3. The lowest BCUT2D eigenvalue weighted by Crippen LogP contribution is -2.45. The maximum atomic E-state index is 9.23. The Morgan fingerprint density at radius 1 is 1.30 bits per heavy atom. The summed E-state index contributed by atoms with van der Waals surface area (Å²) in [5, 5.41) is 18.5. The van der Waals surface area contributed by atoms with E-state index in [-0.39, 0.29) is 6.10 Å². The molecule has 60 valence electrons. The first kappa shape index (κ1) is 8.33. The fourth-order valence-electron chi connectivity index (χ4n) is 1.07. The predicted molar refractivity (Wildman–Crippen MR) is 40.1 cm³/mol. The molecule has 2 N–H and O–H groups in total. The van der Waals surface area contributed by atoms with Crippen molar-refractivity contribution in [2.24, 2.45) is 0 Å². The second-order valence-corrected chi connectivity index (χ2v) is 3.45. The maximum absolute atomic E-state index is 9.23. The molecule has 0 aromatic carbocycles. The van der Waals surface area contributed by atoms with Crippen LogP contribution in [-0.4, -0.2) is 47.1 Å². The smallest absolute Gasteiger partial charge is 0.110 e. The molecule has 0 bridgehead atoms. The lowest BCUT2D eigenvalue weighted by Gasteiger charge is -2.30. The van der Waals surface area contributed by atoms with Crippen LogP contribution < -0.4 is 0 Å². The van der Waals surface area contributed by atoms with Gasteiger partial charge in [0.1, 0.15) is 6.10 Å². The van der Waals surface area contributed by atoms with Gasteiger partial charge < -0.3 is 14.9 Å². The van der Waals surface area contributed by atoms with E-state index >= 15 is 0 Å². The molecule has 2 unspecified atom stereocenters. The summed E-state index contributed by atoms with van der Waals surface area (Å²) < 4.78 is 4.90. The van der Waals surface area contributed by atoms with Crippen molar-refractivity contribution in [3.05, 3.63) is 0 Å². The second-order valence-electron chi connectivity index (χ2n) is 2.37. The Morgan fingerprint density at radius 2 is 1.80 bits per heavy atom. The molecule has 10 heavy (non-hydrogen) atoms. The van der Waals surface area contributed by atoms with Crippen molar-refractivity contribution < 1.29 is 14.9 Å². The van der Waals surface area contributed by atoms with Gasteiger partial charge in [0.05, 0.1) is 12.2 Å². The van der Waals surface area contributed by atoms with E-state index in [2.05, 4.69) is 0 Å². The highest BCUT2D eigenvalue weighted by molar-refractivity contribution is 7.99. The third-order valence-electron chi connectivity index (χ3n) is 1.61. The molecule has 4 heteroatoms. The van der Waals surface area contributed by atoms with E-state index in [9.17, 15) is 10.2 Å². The van der Waals surface area contributed by atoms with Crippen molar-refractivity contribution in [2.75, 3.05) is 18.6 Å². The van der Waals surface area contributed by atoms with Crippen LogP contribution in [0.3, 0.4) is 0 Å². The fourth-order valence-corrected chi connectivity index (χ4v) is 2.07. The number of rotatable bonds is 1. The van der Waals surface area contributed by atoms with Gasteiger partial charge in [-0.3, -0.25) is 0 Å². The zero-order chi connectivity index (χ0) is 7.56. The van der Waals surface area contributed by atoms with Crippen molar-refractivity contribution >= 4 is 11.8 Å². The Kier molecular flexibility index (Phi) is 2.97. The van der Waals surface area contributed by atoms with Crippen LogP contribution in [0.4, 0.5) is 0 Å². The van der Waals surface area contributed by atoms with Crippen LogP contribution in [0.25, 0.3) is 0 Å². The quantitative estimate of drug-likeness (QED) is 0.547. The van der Waals surface area contributed by atoms with Crippen molar-refractivity contribution in [1.29, 1.82) is 0 Å². The van der Waals surface area contributed by atoms with Crippen LogP contribution in [0.15, 0.2) is 0 Å². The zero-order valence-corrected chi connectivity index (χ0v) is 6.67. The predicted octanol–water partition coefficient (Wildman–Crippen LogP) is -0.530. The van der Waals surface area contributed by atoms with Crippen LogP contribution in [0.2, 0.25) is 0 Å². The Labute approximate surface area is 64.4 Å². The molecule has 0 amide bonds. The van der Waals surface area contributed by atoms with Gasteiger partial charge in [0.2, 0.25) is 0 Å². The monoisotopic (exact) mass is 164 g/mol. The molecule has 1 aliphatic rings. The van der Waals surface area contributed by atoms with Gasteiger partial charge in [-0.05, 0) is 0 Å². The minimum absolute atomic E-state index is 0.388. The minimum Gasteiger partial charge on any atom is -0.389 e. The molecule has 1 rings (SSSR count). The summed E-state index contributed by atoms with van der Waals surface area (Å²) in [4.78, 5) is 0. The van der Waals surface area contributed by atoms with Gasteiger partial charge >= 0.3 is 0 Å². The Hall–Kier alpha value is 0.230. The number of methoxy groups -OCH3 is 1. The summed E-state index contributed by atoms with van der Waals surface area (Å²) in [5.41, 5.74) is 0. The summed E-state index contributed by atoms with van der Waals surface area (Å²) in [6.07, 6.45) is -1.42. The maximum Gasteiger partial charge on any atom is 0.110 e. The molecule has 1 saturated heterocycles. The highest BCUT2D eigenvalue weighted by Crippen LogP contribution is 2.20. The van der Waals surface area contributed by atoms with Crippen LogP contribution in [0.5, 0.6) is 0 Å². The molecular weight excluding hydrogens is 152 g/mol. The zero-order valence-electron chi connectivity index (χ0n) is 5.86. The van der Waals surface area contributed by atoms with Crippen LogP contribution in [0.1, 0.15) is 0 Å². The highest BCUT2D eigenvalue weighted by Gasteiger charge is 2.30. The lowest BCUT2D eigenvalue weighted by molar-refractivity contribution is -0.0683. The van der Waals surface area contributed by atoms with Gasteiger partial charge in [0, 0.05) is 18.6 Å². The first-order valence-corrected chi connectivity index (χ1v) is 4.38. The van der Waals surface area contributed by atoms with Crippen LogP contribution >= 0.6 is 11.8 Å². The molecule has 1 heterocycles. The molecule has 0 aromatic heterocycles. The molecule has 0 aromatic rings. The minimum atomic E-state index is -0.515. The van der Waals surface area contributed by atoms with Crippen molar-refractivity contribution in [3.63, 3.8) is 0 Å². The topological polar surface area (TPSA) is 49.7 Å². The SMILES string of the molecule is COC1C(O)CSCC1O. The van der Waals surface area contributed by atoms with E-state index in [4.69, 9.17) is 4.74 Å². The summed E-state index contributed by atoms with van der Waals surface area (Å²) in [5.74, 6) is 1.32. The van der Waals surface area contributed by atoms with E-state index in [0.29, 0.717) is 11.5 Å². The number of aliphatic hydroxyl groups excluding tert-OH is 2. The normalized spacial score (nSPS) is 41.7. The Morgan fingerprint density at radius 3 is 2.10 bits per heavy atom. The molecular formula is C6H12O3S. The number of thioether (sulfide) groups is 1. The second kappa shape index (κ2) is 3.57. The largest absolute Gasteiger partial charge is 0.389 e. The van der Waals surface area contributed by atoms with Gasteiger partial charge in [-0.25, -0.2) is 0 Å². The number of ether oxygens (including phenoxy) is 1. The number of hydrogen-bond acceptors (Lipinski definition) is 4. The van der Waals surface area contributed by atoms with Gasteiger partial charge in [-0.2, -0.15) is 11.8 Å². The van der Waals surface area contributed by atoms with Crippen molar-refractivity contribution in [2.45, 2.75) is 18.3 Å². The van der Waals surface area contributed by atoms with Crippen LogP contribution in [0, 0.1) is 0 Å². The van der Waals surface area contributed by atoms with E-state index in [1.54, 1.807) is 11.8 Å². The Balaban J connectivity index is 2.45. The molecule has 1 aliphatic heterocycles. The number of aliphatic hydroxyl groups is 2. The molecule has 0 saturated carbocycles. The van der Waals surface area contributed by atoms with Crippen LogP contribution in [-0.2, 0) is 4.74 Å². The van der Waals surface area contributed by atoms with E-state index in [0.717, 1.165) is 0 Å². The fraction of sp³-hybridized carbons (Fsp3) is 1.00. The molecule has 1 fully saturated rings. The van der Waals surface area contributed by atoms with Gasteiger partial charge in [-0.1, -0.05) is 0 Å². The first-order chi connectivity index (χ1) is 4.75. The average molecular weight is 164 g/mol. The molecule has 0 spiro atoms. The van der Waals surface area contributed by atoms with E-state index in [1.807, 2.05) is 0 Å². The van der Waals surface area contributed by atoms with Crippen molar-refractivity contribution in [1.82, 2.24) is 0 Å².